The van der Waals surface area contributed by atoms with Gasteiger partial charge in [-0.1, -0.05) is 0 Å². The van der Waals surface area contributed by atoms with Crippen molar-refractivity contribution in [3.8, 4) is 5.75 Å². The van der Waals surface area contributed by atoms with Crippen LogP contribution in [0.4, 0.5) is 10.5 Å². The van der Waals surface area contributed by atoms with E-state index in [1.165, 1.54) is 7.11 Å². The van der Waals surface area contributed by atoms with Gasteiger partial charge >= 0.3 is 12.1 Å². The lowest BCUT2D eigenvalue weighted by atomic mass is 10.1. The SMILES string of the molecule is COc1ccc(NC(=O)OC(C)(C)C)cc1CC(=O)O. The summed E-state index contributed by atoms with van der Waals surface area (Å²) < 4.78 is 10.2. The largest absolute Gasteiger partial charge is 0.496 e. The summed E-state index contributed by atoms with van der Waals surface area (Å²) >= 11 is 0. The molecule has 1 rings (SSSR count). The van der Waals surface area contributed by atoms with Crippen LogP contribution in [0.15, 0.2) is 18.2 Å². The van der Waals surface area contributed by atoms with Crippen LogP contribution in [0.25, 0.3) is 0 Å². The first-order chi connectivity index (χ1) is 9.21. The minimum atomic E-state index is -0.974. The molecular formula is C14H19NO5. The van der Waals surface area contributed by atoms with Crippen LogP contribution in [0, 0.1) is 0 Å². The van der Waals surface area contributed by atoms with Gasteiger partial charge in [-0.25, -0.2) is 4.79 Å². The third-order valence-electron chi connectivity index (χ3n) is 2.27. The number of rotatable bonds is 4. The Morgan fingerprint density at radius 3 is 2.45 bits per heavy atom. The highest BCUT2D eigenvalue weighted by atomic mass is 16.6. The number of carboxylic acids is 1. The molecule has 6 nitrogen and oxygen atoms in total. The second-order valence-electron chi connectivity index (χ2n) is 5.22. The number of ether oxygens (including phenoxy) is 2. The summed E-state index contributed by atoms with van der Waals surface area (Å²) in [7, 11) is 1.46. The van der Waals surface area contributed by atoms with Crippen LogP contribution in [0.1, 0.15) is 26.3 Å². The van der Waals surface area contributed by atoms with Gasteiger partial charge in [-0.3, -0.25) is 10.1 Å². The molecular weight excluding hydrogens is 262 g/mol. The van der Waals surface area contributed by atoms with Crippen LogP contribution in [0.3, 0.4) is 0 Å². The van der Waals surface area contributed by atoms with Gasteiger partial charge in [0.1, 0.15) is 11.4 Å². The predicted octanol–water partition coefficient (Wildman–Crippen LogP) is 2.67. The Morgan fingerprint density at radius 2 is 1.95 bits per heavy atom. The number of carbonyl (C=O) groups excluding carboxylic acids is 1. The molecule has 0 aliphatic rings. The van der Waals surface area contributed by atoms with Crippen LogP contribution in [-0.2, 0) is 16.0 Å². The molecule has 0 heterocycles. The Morgan fingerprint density at radius 1 is 1.30 bits per heavy atom. The van der Waals surface area contributed by atoms with Gasteiger partial charge in [-0.15, -0.1) is 0 Å². The maximum Gasteiger partial charge on any atom is 0.412 e. The zero-order valence-corrected chi connectivity index (χ0v) is 12.0. The first kappa shape index (κ1) is 15.8. The van der Waals surface area contributed by atoms with Crippen molar-refractivity contribution in [1.82, 2.24) is 0 Å². The molecule has 0 aliphatic carbocycles. The summed E-state index contributed by atoms with van der Waals surface area (Å²) in [4.78, 5) is 22.4. The predicted molar refractivity (Wildman–Crippen MR) is 74.2 cm³/mol. The van der Waals surface area contributed by atoms with Gasteiger partial charge in [0, 0.05) is 11.3 Å². The van der Waals surface area contributed by atoms with E-state index in [1.54, 1.807) is 39.0 Å². The lowest BCUT2D eigenvalue weighted by molar-refractivity contribution is -0.136. The van der Waals surface area contributed by atoms with Gasteiger partial charge in [0.15, 0.2) is 0 Å². The molecule has 1 aromatic rings. The van der Waals surface area contributed by atoms with Gasteiger partial charge in [0.25, 0.3) is 0 Å². The van der Waals surface area contributed by atoms with E-state index in [1.807, 2.05) is 0 Å². The van der Waals surface area contributed by atoms with Gasteiger partial charge in [-0.2, -0.15) is 0 Å². The number of carbonyl (C=O) groups is 2. The van der Waals surface area contributed by atoms with Crippen molar-refractivity contribution in [2.45, 2.75) is 32.8 Å². The smallest absolute Gasteiger partial charge is 0.412 e. The summed E-state index contributed by atoms with van der Waals surface area (Å²) in [6.07, 6.45) is -0.781. The third-order valence-corrected chi connectivity index (χ3v) is 2.27. The molecule has 0 aromatic heterocycles. The number of hydrogen-bond acceptors (Lipinski definition) is 4. The van der Waals surface area contributed by atoms with E-state index in [2.05, 4.69) is 5.32 Å². The van der Waals surface area contributed by atoms with Crippen LogP contribution in [-0.4, -0.2) is 29.9 Å². The van der Waals surface area contributed by atoms with E-state index in [9.17, 15) is 9.59 Å². The topological polar surface area (TPSA) is 84.9 Å². The number of carboxylic acid groups (broad SMARTS) is 1. The molecule has 0 fully saturated rings. The minimum Gasteiger partial charge on any atom is -0.496 e. The number of nitrogens with one attached hydrogen (secondary N) is 1. The second kappa shape index (κ2) is 6.27. The van der Waals surface area contributed by atoms with E-state index < -0.39 is 17.7 Å². The zero-order chi connectivity index (χ0) is 15.3. The van der Waals surface area contributed by atoms with Crippen molar-refractivity contribution >= 4 is 17.7 Å². The molecule has 0 unspecified atom stereocenters. The van der Waals surface area contributed by atoms with E-state index in [-0.39, 0.29) is 6.42 Å². The molecule has 1 amide bonds. The maximum atomic E-state index is 11.6. The number of benzene rings is 1. The quantitative estimate of drug-likeness (QED) is 0.886. The molecule has 0 spiro atoms. The van der Waals surface area contributed by atoms with Crippen molar-refractivity contribution in [1.29, 1.82) is 0 Å². The zero-order valence-electron chi connectivity index (χ0n) is 12.0. The molecule has 110 valence electrons. The Hall–Kier alpha value is -2.24. The average Bonchev–Trinajstić information content (AvgIpc) is 2.25. The van der Waals surface area contributed by atoms with Gasteiger partial charge in [0.2, 0.25) is 0 Å². The Balaban J connectivity index is 2.86. The normalized spacial score (nSPS) is 10.8. The van der Waals surface area contributed by atoms with Crippen LogP contribution in [0.2, 0.25) is 0 Å². The van der Waals surface area contributed by atoms with Gasteiger partial charge < -0.3 is 14.6 Å². The van der Waals surface area contributed by atoms with Crippen LogP contribution in [0.5, 0.6) is 5.75 Å². The molecule has 20 heavy (non-hydrogen) atoms. The summed E-state index contributed by atoms with van der Waals surface area (Å²) in [6.45, 7) is 5.28. The third kappa shape index (κ3) is 5.17. The summed E-state index contributed by atoms with van der Waals surface area (Å²) in [5, 5.41) is 11.4. The summed E-state index contributed by atoms with van der Waals surface area (Å²) in [5.74, 6) is -0.514. The molecule has 0 saturated carbocycles. The monoisotopic (exact) mass is 281 g/mol. The molecule has 2 N–H and O–H groups in total. The van der Waals surface area contributed by atoms with Gasteiger partial charge in [0.05, 0.1) is 13.5 Å². The average molecular weight is 281 g/mol. The van der Waals surface area contributed by atoms with Crippen LogP contribution < -0.4 is 10.1 Å². The maximum absolute atomic E-state index is 11.6. The second-order valence-corrected chi connectivity index (χ2v) is 5.22. The molecule has 0 atom stereocenters. The van der Waals surface area contributed by atoms with E-state index in [4.69, 9.17) is 14.6 Å². The number of amides is 1. The van der Waals surface area contributed by atoms with E-state index in [0.29, 0.717) is 17.0 Å². The lowest BCUT2D eigenvalue weighted by Gasteiger charge is -2.20. The van der Waals surface area contributed by atoms with Crippen molar-refractivity contribution in [3.63, 3.8) is 0 Å². The molecule has 0 saturated heterocycles. The Labute approximate surface area is 117 Å². The molecule has 0 radical (unpaired) electrons. The standard InChI is InChI=1S/C14H19NO5/c1-14(2,3)20-13(18)15-10-5-6-11(19-4)9(7-10)8-12(16)17/h5-7H,8H2,1-4H3,(H,15,18)(H,16,17). The number of aliphatic carboxylic acids is 1. The molecule has 0 aliphatic heterocycles. The van der Waals surface area contributed by atoms with Crippen molar-refractivity contribution in [2.24, 2.45) is 0 Å². The fraction of sp³-hybridized carbons (Fsp3) is 0.429. The highest BCUT2D eigenvalue weighted by Crippen LogP contribution is 2.23. The first-order valence-electron chi connectivity index (χ1n) is 6.10. The van der Waals surface area contributed by atoms with Crippen molar-refractivity contribution < 1.29 is 24.2 Å². The summed E-state index contributed by atoms with van der Waals surface area (Å²) in [5.41, 5.74) is 0.338. The summed E-state index contributed by atoms with van der Waals surface area (Å²) in [6, 6.07) is 4.77. The Bertz CT molecular complexity index is 505. The molecule has 1 aromatic carbocycles. The molecule has 0 bridgehead atoms. The highest BCUT2D eigenvalue weighted by Gasteiger charge is 2.17. The highest BCUT2D eigenvalue weighted by molar-refractivity contribution is 5.85. The van der Waals surface area contributed by atoms with Gasteiger partial charge in [-0.05, 0) is 39.0 Å². The van der Waals surface area contributed by atoms with Crippen molar-refractivity contribution in [3.05, 3.63) is 23.8 Å². The number of hydrogen-bond donors (Lipinski definition) is 2. The van der Waals surface area contributed by atoms with E-state index >= 15 is 0 Å². The Kier molecular flexibility index (Phi) is 4.96. The number of anilines is 1. The number of methoxy groups -OCH3 is 1. The first-order valence-corrected chi connectivity index (χ1v) is 6.10. The minimum absolute atomic E-state index is 0.187. The fourth-order valence-electron chi connectivity index (χ4n) is 1.58. The van der Waals surface area contributed by atoms with Crippen molar-refractivity contribution in [2.75, 3.05) is 12.4 Å². The lowest BCUT2D eigenvalue weighted by Crippen LogP contribution is -2.27. The van der Waals surface area contributed by atoms with Crippen LogP contribution >= 0.6 is 0 Å². The molecule has 6 heteroatoms. The fourth-order valence-corrected chi connectivity index (χ4v) is 1.58. The van der Waals surface area contributed by atoms with E-state index in [0.717, 1.165) is 0 Å².